The zero-order valence-electron chi connectivity index (χ0n) is 10.6. The van der Waals surface area contributed by atoms with Gasteiger partial charge in [0.2, 0.25) is 10.9 Å². The highest BCUT2D eigenvalue weighted by Crippen LogP contribution is 2.20. The molecule has 3 N–H and O–H groups in total. The summed E-state index contributed by atoms with van der Waals surface area (Å²) in [5.41, 5.74) is 1.28. The number of aliphatic carboxylic acids is 1. The number of thiol groups is 1. The van der Waals surface area contributed by atoms with Gasteiger partial charge in [0.25, 0.3) is 0 Å². The summed E-state index contributed by atoms with van der Waals surface area (Å²) in [6.45, 7) is 0. The van der Waals surface area contributed by atoms with Gasteiger partial charge in [-0.2, -0.15) is 0 Å². The second-order valence-corrected chi connectivity index (χ2v) is 4.68. The van der Waals surface area contributed by atoms with Gasteiger partial charge in [-0.1, -0.05) is 0 Å². The van der Waals surface area contributed by atoms with E-state index in [2.05, 4.69) is 10.0 Å². The third-order valence-electron chi connectivity index (χ3n) is 2.44. The van der Waals surface area contributed by atoms with Crippen molar-refractivity contribution in [2.24, 2.45) is 0 Å². The smallest absolute Gasteiger partial charge is 0.330 e. The highest BCUT2D eigenvalue weighted by Gasteiger charge is 2.07. The second-order valence-electron chi connectivity index (χ2n) is 3.94. The molecule has 1 aromatic carbocycles. The number of benzene rings is 1. The SMILES string of the molecule is O=C(O)C=C(Nc1ccc(N[SH](=O)=O)cc1)c1ccco1. The third kappa shape index (κ3) is 4.39. The summed E-state index contributed by atoms with van der Waals surface area (Å²) in [6.07, 6.45) is 2.42. The molecule has 0 atom stereocenters. The first-order chi connectivity index (χ1) is 10.0. The van der Waals surface area contributed by atoms with Gasteiger partial charge in [-0.25, -0.2) is 13.2 Å². The van der Waals surface area contributed by atoms with Crippen LogP contribution in [0.2, 0.25) is 0 Å². The normalized spacial score (nSPS) is 11.4. The molecule has 0 bridgehead atoms. The van der Waals surface area contributed by atoms with Crippen LogP contribution in [0.5, 0.6) is 0 Å². The van der Waals surface area contributed by atoms with Gasteiger partial charge in [-0.05, 0) is 36.4 Å². The lowest BCUT2D eigenvalue weighted by Gasteiger charge is -2.09. The number of carboxylic acid groups (broad SMARTS) is 1. The summed E-state index contributed by atoms with van der Waals surface area (Å²) in [7, 11) is -2.72. The maximum absolute atomic E-state index is 10.8. The number of rotatable bonds is 6. The molecule has 110 valence electrons. The van der Waals surface area contributed by atoms with E-state index in [-0.39, 0.29) is 5.70 Å². The molecule has 0 aliphatic heterocycles. The first-order valence-corrected chi connectivity index (χ1v) is 6.99. The topological polar surface area (TPSA) is 109 Å². The van der Waals surface area contributed by atoms with Crippen LogP contribution in [-0.2, 0) is 15.7 Å². The van der Waals surface area contributed by atoms with E-state index in [0.717, 1.165) is 6.08 Å². The molecule has 0 saturated carbocycles. The van der Waals surface area contributed by atoms with Crippen molar-refractivity contribution in [3.63, 3.8) is 0 Å². The summed E-state index contributed by atoms with van der Waals surface area (Å²) in [5.74, 6) is -0.738. The Bertz CT molecular complexity index is 710. The van der Waals surface area contributed by atoms with E-state index in [4.69, 9.17) is 9.52 Å². The molecular formula is C13H12N2O5S. The van der Waals surface area contributed by atoms with Gasteiger partial charge < -0.3 is 14.8 Å². The van der Waals surface area contributed by atoms with E-state index >= 15 is 0 Å². The molecule has 1 aromatic heterocycles. The number of carboxylic acids is 1. The van der Waals surface area contributed by atoms with Crippen LogP contribution in [-0.4, -0.2) is 19.5 Å². The van der Waals surface area contributed by atoms with Crippen LogP contribution in [0, 0.1) is 0 Å². The first-order valence-electron chi connectivity index (χ1n) is 5.81. The fourth-order valence-electron chi connectivity index (χ4n) is 1.61. The average molecular weight is 308 g/mol. The van der Waals surface area contributed by atoms with Gasteiger partial charge in [0.15, 0.2) is 0 Å². The van der Waals surface area contributed by atoms with E-state index in [1.807, 2.05) is 0 Å². The number of hydrogen-bond acceptors (Lipinski definition) is 5. The second kappa shape index (κ2) is 6.62. The minimum Gasteiger partial charge on any atom is -0.478 e. The molecule has 0 saturated heterocycles. The molecule has 0 radical (unpaired) electrons. The quantitative estimate of drug-likeness (QED) is 0.478. The van der Waals surface area contributed by atoms with Crippen LogP contribution in [0.25, 0.3) is 5.70 Å². The Hall–Kier alpha value is -2.74. The van der Waals surface area contributed by atoms with Crippen LogP contribution in [0.4, 0.5) is 11.4 Å². The van der Waals surface area contributed by atoms with Crippen molar-refractivity contribution in [3.8, 4) is 0 Å². The summed E-state index contributed by atoms with van der Waals surface area (Å²) in [4.78, 5) is 10.8. The average Bonchev–Trinajstić information content (AvgIpc) is 2.93. The zero-order chi connectivity index (χ0) is 15.2. The van der Waals surface area contributed by atoms with Crippen LogP contribution in [0.1, 0.15) is 5.76 Å². The van der Waals surface area contributed by atoms with Crippen LogP contribution in [0.3, 0.4) is 0 Å². The summed E-state index contributed by atoms with van der Waals surface area (Å²) < 4.78 is 28.5. The van der Waals surface area contributed by atoms with Crippen LogP contribution >= 0.6 is 0 Å². The molecule has 7 nitrogen and oxygen atoms in total. The van der Waals surface area contributed by atoms with Gasteiger partial charge in [-0.3, -0.25) is 4.72 Å². The van der Waals surface area contributed by atoms with Gasteiger partial charge in [-0.15, -0.1) is 0 Å². The first kappa shape index (κ1) is 14.7. The number of furan rings is 1. The summed E-state index contributed by atoms with van der Waals surface area (Å²) in [5, 5.41) is 11.8. The molecule has 2 rings (SSSR count). The minimum absolute atomic E-state index is 0.281. The lowest BCUT2D eigenvalue weighted by atomic mass is 10.2. The van der Waals surface area contributed by atoms with Crippen LogP contribution < -0.4 is 10.0 Å². The Morgan fingerprint density at radius 2 is 1.81 bits per heavy atom. The molecule has 0 aliphatic carbocycles. The van der Waals surface area contributed by atoms with Crippen molar-refractivity contribution in [3.05, 3.63) is 54.5 Å². The standard InChI is InChI=1S/C13H12N2O5S/c16-13(17)8-11(12-2-1-7-20-12)14-9-3-5-10(6-4-9)15-21(18)19/h1-8,14,21H,(H,16,17)(H,15,18,19). The Kier molecular flexibility index (Phi) is 4.62. The van der Waals surface area contributed by atoms with Crippen LogP contribution in [0.15, 0.2) is 53.2 Å². The van der Waals surface area contributed by atoms with Crippen molar-refractivity contribution < 1.29 is 22.7 Å². The van der Waals surface area contributed by atoms with E-state index in [1.165, 1.54) is 6.26 Å². The lowest BCUT2D eigenvalue weighted by molar-refractivity contribution is -0.131. The molecular weight excluding hydrogens is 296 g/mol. The third-order valence-corrected chi connectivity index (χ3v) is 2.88. The monoisotopic (exact) mass is 308 g/mol. The predicted molar refractivity (Wildman–Crippen MR) is 78.3 cm³/mol. The fraction of sp³-hybridized carbons (Fsp3) is 0. The molecule has 0 amide bonds. The fourth-order valence-corrected chi connectivity index (χ4v) is 1.97. The molecule has 0 aliphatic rings. The van der Waals surface area contributed by atoms with Crippen molar-refractivity contribution >= 4 is 33.9 Å². The van der Waals surface area contributed by atoms with Crippen molar-refractivity contribution in [1.82, 2.24) is 0 Å². The number of hydrogen-bond donors (Lipinski definition) is 4. The van der Waals surface area contributed by atoms with Crippen molar-refractivity contribution in [1.29, 1.82) is 0 Å². The predicted octanol–water partition coefficient (Wildman–Crippen LogP) is 1.76. The highest BCUT2D eigenvalue weighted by atomic mass is 32.2. The zero-order valence-corrected chi connectivity index (χ0v) is 11.5. The van der Waals surface area contributed by atoms with Gasteiger partial charge >= 0.3 is 5.97 Å². The number of anilines is 2. The molecule has 0 fully saturated rings. The Labute approximate surface area is 122 Å². The van der Waals surface area contributed by atoms with Crippen molar-refractivity contribution in [2.75, 3.05) is 10.0 Å². The van der Waals surface area contributed by atoms with E-state index in [1.54, 1.807) is 36.4 Å². The number of carbonyl (C=O) groups is 1. The van der Waals surface area contributed by atoms with Crippen molar-refractivity contribution in [2.45, 2.75) is 0 Å². The maximum atomic E-state index is 10.8. The molecule has 2 aromatic rings. The molecule has 0 unspecified atom stereocenters. The number of nitrogens with one attached hydrogen (secondary N) is 2. The molecule has 1 heterocycles. The van der Waals surface area contributed by atoms with Gasteiger partial charge in [0.1, 0.15) is 5.76 Å². The Morgan fingerprint density at radius 3 is 2.33 bits per heavy atom. The molecule has 8 heteroatoms. The van der Waals surface area contributed by atoms with E-state index < -0.39 is 16.9 Å². The minimum atomic E-state index is -2.72. The van der Waals surface area contributed by atoms with E-state index in [9.17, 15) is 13.2 Å². The highest BCUT2D eigenvalue weighted by molar-refractivity contribution is 7.73. The molecule has 21 heavy (non-hydrogen) atoms. The van der Waals surface area contributed by atoms with E-state index in [0.29, 0.717) is 17.1 Å². The Balaban J connectivity index is 2.19. The summed E-state index contributed by atoms with van der Waals surface area (Å²) >= 11 is 0. The van der Waals surface area contributed by atoms with Gasteiger partial charge in [0, 0.05) is 11.4 Å². The lowest BCUT2D eigenvalue weighted by Crippen LogP contribution is -2.02. The Morgan fingerprint density at radius 1 is 1.14 bits per heavy atom. The largest absolute Gasteiger partial charge is 0.478 e. The van der Waals surface area contributed by atoms with Gasteiger partial charge in [0.05, 0.1) is 18.0 Å². The maximum Gasteiger partial charge on any atom is 0.330 e. The summed E-state index contributed by atoms with van der Waals surface area (Å²) in [6, 6.07) is 9.59. The molecule has 0 spiro atoms.